The van der Waals surface area contributed by atoms with Gasteiger partial charge in [0.15, 0.2) is 0 Å². The smallest absolute Gasteiger partial charge is 0.252 e. The number of amides is 1. The Kier molecular flexibility index (Phi) is 5.15. The van der Waals surface area contributed by atoms with Crippen molar-refractivity contribution in [3.63, 3.8) is 0 Å². The zero-order valence-corrected chi connectivity index (χ0v) is 13.1. The molecular formula is C16H19N3O2S. The van der Waals surface area contributed by atoms with Crippen molar-refractivity contribution in [3.05, 3.63) is 41.4 Å². The maximum atomic E-state index is 12.1. The molecule has 1 fully saturated rings. The summed E-state index contributed by atoms with van der Waals surface area (Å²) >= 11 is 1.64. The topological polar surface area (TPSA) is 54.5 Å². The summed E-state index contributed by atoms with van der Waals surface area (Å²) in [5.74, 6) is -0.0708. The Morgan fingerprint density at radius 3 is 2.86 bits per heavy atom. The summed E-state index contributed by atoms with van der Waals surface area (Å²) in [6, 6.07) is 7.73. The van der Waals surface area contributed by atoms with Gasteiger partial charge in [0.1, 0.15) is 0 Å². The number of ether oxygens (including phenoxy) is 1. The van der Waals surface area contributed by atoms with Gasteiger partial charge in [0, 0.05) is 32.4 Å². The fourth-order valence-corrected chi connectivity index (χ4v) is 3.05. The molecule has 0 radical (unpaired) electrons. The summed E-state index contributed by atoms with van der Waals surface area (Å²) in [6.45, 7) is 4.94. The van der Waals surface area contributed by atoms with Crippen molar-refractivity contribution < 1.29 is 9.53 Å². The lowest BCUT2D eigenvalue weighted by Gasteiger charge is -2.26. The van der Waals surface area contributed by atoms with Crippen LogP contribution in [0.25, 0.3) is 10.6 Å². The van der Waals surface area contributed by atoms with Gasteiger partial charge in [-0.1, -0.05) is 6.07 Å². The van der Waals surface area contributed by atoms with Crippen LogP contribution in [0.4, 0.5) is 0 Å². The molecule has 1 aliphatic heterocycles. The Bertz CT molecular complexity index is 592. The first-order valence-corrected chi connectivity index (χ1v) is 8.29. The lowest BCUT2D eigenvalue weighted by molar-refractivity contribution is 0.0383. The van der Waals surface area contributed by atoms with E-state index in [0.717, 1.165) is 43.4 Å². The molecule has 0 aliphatic carbocycles. The standard InChI is InChI=1S/C16H19N3O2S/c20-16(17-5-6-19-7-9-21-10-8-19)13-3-4-14(18-12-13)15-2-1-11-22-15/h1-4,11-12H,5-10H2,(H,17,20). The summed E-state index contributed by atoms with van der Waals surface area (Å²) in [4.78, 5) is 19.9. The third-order valence-electron chi connectivity index (χ3n) is 3.62. The zero-order valence-electron chi connectivity index (χ0n) is 12.3. The molecule has 0 aromatic carbocycles. The molecule has 3 rings (SSSR count). The molecule has 0 atom stereocenters. The molecule has 1 aliphatic rings. The first-order chi connectivity index (χ1) is 10.8. The number of morpholine rings is 1. The van der Waals surface area contributed by atoms with E-state index in [1.54, 1.807) is 17.5 Å². The fourth-order valence-electron chi connectivity index (χ4n) is 2.35. The van der Waals surface area contributed by atoms with E-state index in [2.05, 4.69) is 15.2 Å². The summed E-state index contributed by atoms with van der Waals surface area (Å²) in [7, 11) is 0. The number of thiophene rings is 1. The highest BCUT2D eigenvalue weighted by Gasteiger charge is 2.11. The molecule has 1 amide bonds. The minimum atomic E-state index is -0.0708. The maximum absolute atomic E-state index is 12.1. The van der Waals surface area contributed by atoms with Crippen LogP contribution in [0.2, 0.25) is 0 Å². The predicted octanol–water partition coefficient (Wildman–Crippen LogP) is 1.87. The predicted molar refractivity (Wildman–Crippen MR) is 87.1 cm³/mol. The van der Waals surface area contributed by atoms with E-state index in [-0.39, 0.29) is 5.91 Å². The van der Waals surface area contributed by atoms with E-state index in [9.17, 15) is 4.79 Å². The average molecular weight is 317 g/mol. The van der Waals surface area contributed by atoms with Crippen LogP contribution in [-0.4, -0.2) is 55.2 Å². The molecule has 5 nitrogen and oxygen atoms in total. The van der Waals surface area contributed by atoms with Gasteiger partial charge in [-0.15, -0.1) is 11.3 Å². The number of rotatable bonds is 5. The summed E-state index contributed by atoms with van der Waals surface area (Å²) in [6.07, 6.45) is 1.64. The van der Waals surface area contributed by atoms with Crippen LogP contribution in [0.5, 0.6) is 0 Å². The van der Waals surface area contributed by atoms with Gasteiger partial charge >= 0.3 is 0 Å². The van der Waals surface area contributed by atoms with E-state index >= 15 is 0 Å². The van der Waals surface area contributed by atoms with Gasteiger partial charge in [0.2, 0.25) is 0 Å². The third kappa shape index (κ3) is 3.91. The van der Waals surface area contributed by atoms with Crippen molar-refractivity contribution in [1.82, 2.24) is 15.2 Å². The van der Waals surface area contributed by atoms with E-state index in [4.69, 9.17) is 4.74 Å². The molecule has 22 heavy (non-hydrogen) atoms. The second-order valence-corrected chi connectivity index (χ2v) is 6.07. The van der Waals surface area contributed by atoms with Crippen LogP contribution in [0.3, 0.4) is 0 Å². The number of nitrogens with zero attached hydrogens (tertiary/aromatic N) is 2. The van der Waals surface area contributed by atoms with Crippen molar-refractivity contribution in [2.75, 3.05) is 39.4 Å². The van der Waals surface area contributed by atoms with Crippen LogP contribution in [0.15, 0.2) is 35.8 Å². The van der Waals surface area contributed by atoms with Gasteiger partial charge in [0.25, 0.3) is 5.91 Å². The van der Waals surface area contributed by atoms with Gasteiger partial charge in [-0.25, -0.2) is 0 Å². The van der Waals surface area contributed by atoms with Gasteiger partial charge in [0.05, 0.1) is 29.3 Å². The molecule has 3 heterocycles. The molecule has 0 saturated carbocycles. The van der Waals surface area contributed by atoms with Gasteiger partial charge < -0.3 is 10.1 Å². The van der Waals surface area contributed by atoms with Crippen LogP contribution >= 0.6 is 11.3 Å². The second kappa shape index (κ2) is 7.49. The van der Waals surface area contributed by atoms with E-state index in [0.29, 0.717) is 12.1 Å². The SMILES string of the molecule is O=C(NCCN1CCOCC1)c1ccc(-c2cccs2)nc1. The number of pyridine rings is 1. The molecule has 6 heteroatoms. The number of nitrogens with one attached hydrogen (secondary N) is 1. The van der Waals surface area contributed by atoms with Crippen molar-refractivity contribution >= 4 is 17.2 Å². The fraction of sp³-hybridized carbons (Fsp3) is 0.375. The average Bonchev–Trinajstić information content (AvgIpc) is 3.10. The summed E-state index contributed by atoms with van der Waals surface area (Å²) < 4.78 is 5.30. The van der Waals surface area contributed by atoms with Crippen LogP contribution in [0, 0.1) is 0 Å². The molecule has 116 valence electrons. The first-order valence-electron chi connectivity index (χ1n) is 7.41. The van der Waals surface area contributed by atoms with Gasteiger partial charge in [-0.05, 0) is 23.6 Å². The molecule has 2 aromatic heterocycles. The van der Waals surface area contributed by atoms with Crippen molar-refractivity contribution in [3.8, 4) is 10.6 Å². The first kappa shape index (κ1) is 15.1. The highest BCUT2D eigenvalue weighted by molar-refractivity contribution is 7.13. The quantitative estimate of drug-likeness (QED) is 0.915. The van der Waals surface area contributed by atoms with Crippen molar-refractivity contribution in [2.24, 2.45) is 0 Å². The summed E-state index contributed by atoms with van der Waals surface area (Å²) in [5, 5.41) is 4.96. The van der Waals surface area contributed by atoms with Gasteiger partial charge in [-0.3, -0.25) is 14.7 Å². The molecule has 0 spiro atoms. The number of carbonyl (C=O) groups is 1. The highest BCUT2D eigenvalue weighted by Crippen LogP contribution is 2.22. The number of aromatic nitrogens is 1. The normalized spacial score (nSPS) is 15.6. The molecule has 0 bridgehead atoms. The Labute approximate surface area is 133 Å². The Morgan fingerprint density at radius 1 is 1.32 bits per heavy atom. The van der Waals surface area contributed by atoms with Gasteiger partial charge in [-0.2, -0.15) is 0 Å². The minimum Gasteiger partial charge on any atom is -0.379 e. The van der Waals surface area contributed by atoms with E-state index in [1.807, 2.05) is 29.6 Å². The Hall–Kier alpha value is -1.76. The Balaban J connectivity index is 1.49. The highest BCUT2D eigenvalue weighted by atomic mass is 32.1. The lowest BCUT2D eigenvalue weighted by Crippen LogP contribution is -2.41. The van der Waals surface area contributed by atoms with E-state index in [1.165, 1.54) is 0 Å². The van der Waals surface area contributed by atoms with Crippen LogP contribution in [0.1, 0.15) is 10.4 Å². The number of carbonyl (C=O) groups excluding carboxylic acids is 1. The molecule has 1 N–H and O–H groups in total. The minimum absolute atomic E-state index is 0.0708. The van der Waals surface area contributed by atoms with Crippen molar-refractivity contribution in [2.45, 2.75) is 0 Å². The molecule has 2 aromatic rings. The second-order valence-electron chi connectivity index (χ2n) is 5.12. The van der Waals surface area contributed by atoms with Crippen LogP contribution in [-0.2, 0) is 4.74 Å². The number of hydrogen-bond donors (Lipinski definition) is 1. The number of hydrogen-bond acceptors (Lipinski definition) is 5. The van der Waals surface area contributed by atoms with E-state index < -0.39 is 0 Å². The summed E-state index contributed by atoms with van der Waals surface area (Å²) in [5.41, 5.74) is 1.50. The molecule has 1 saturated heterocycles. The third-order valence-corrected chi connectivity index (χ3v) is 4.51. The zero-order chi connectivity index (χ0) is 15.2. The Morgan fingerprint density at radius 2 is 2.18 bits per heavy atom. The van der Waals surface area contributed by atoms with Crippen molar-refractivity contribution in [1.29, 1.82) is 0 Å². The lowest BCUT2D eigenvalue weighted by atomic mass is 10.2. The molecule has 0 unspecified atom stereocenters. The maximum Gasteiger partial charge on any atom is 0.252 e. The molecular weight excluding hydrogens is 298 g/mol. The largest absolute Gasteiger partial charge is 0.379 e. The van der Waals surface area contributed by atoms with Crippen LogP contribution < -0.4 is 5.32 Å². The monoisotopic (exact) mass is 317 g/mol.